The van der Waals surface area contributed by atoms with Gasteiger partial charge in [0.05, 0.1) is 10.9 Å². The van der Waals surface area contributed by atoms with Crippen LogP contribution in [-0.4, -0.2) is 49.2 Å². The lowest BCUT2D eigenvalue weighted by Crippen LogP contribution is -2.43. The molecule has 0 spiro atoms. The molecule has 26 heavy (non-hydrogen) atoms. The monoisotopic (exact) mass is 390 g/mol. The fourth-order valence-electron chi connectivity index (χ4n) is 2.95. The molecule has 3 rings (SSSR count). The van der Waals surface area contributed by atoms with Gasteiger partial charge in [0.1, 0.15) is 6.10 Å². The number of aliphatic hydroxyl groups is 1. The lowest BCUT2D eigenvalue weighted by molar-refractivity contribution is -0.126. The normalized spacial score (nSPS) is 20.2. The number of carbonyl (C=O) groups excluding carboxylic acids is 1. The highest BCUT2D eigenvalue weighted by molar-refractivity contribution is 7.99. The number of nitrogens with zero attached hydrogens (tertiary/aromatic N) is 2. The van der Waals surface area contributed by atoms with Gasteiger partial charge in [0.2, 0.25) is 0 Å². The van der Waals surface area contributed by atoms with Crippen LogP contribution in [-0.2, 0) is 4.79 Å². The van der Waals surface area contributed by atoms with Crippen molar-refractivity contribution in [1.82, 2.24) is 4.90 Å². The molecule has 1 amide bonds. The van der Waals surface area contributed by atoms with Crippen LogP contribution in [0.1, 0.15) is 16.4 Å². The van der Waals surface area contributed by atoms with Crippen LogP contribution in [0.15, 0.2) is 47.4 Å². The van der Waals surface area contributed by atoms with E-state index in [0.29, 0.717) is 18.1 Å². The number of fused-ring (bicyclic) bond motifs is 1. The molecule has 0 bridgehead atoms. The van der Waals surface area contributed by atoms with Crippen LogP contribution in [0, 0.1) is 6.92 Å². The van der Waals surface area contributed by atoms with Crippen molar-refractivity contribution in [1.29, 1.82) is 0 Å². The first-order valence-corrected chi connectivity index (χ1v) is 9.79. The highest BCUT2D eigenvalue weighted by Crippen LogP contribution is 2.46. The highest BCUT2D eigenvalue weighted by atomic mass is 35.5. The molecule has 1 aliphatic heterocycles. The third kappa shape index (κ3) is 4.07. The molecule has 2 aromatic carbocycles. The summed E-state index contributed by atoms with van der Waals surface area (Å²) < 4.78 is 0. The van der Waals surface area contributed by atoms with Gasteiger partial charge in [0.15, 0.2) is 0 Å². The molecule has 1 heterocycles. The fraction of sp³-hybridized carbons (Fsp3) is 0.350. The van der Waals surface area contributed by atoms with Gasteiger partial charge in [-0.3, -0.25) is 4.79 Å². The van der Waals surface area contributed by atoms with E-state index < -0.39 is 6.10 Å². The van der Waals surface area contributed by atoms with Crippen LogP contribution in [0.2, 0.25) is 5.02 Å². The minimum absolute atomic E-state index is 0.272. The molecule has 1 aliphatic rings. The summed E-state index contributed by atoms with van der Waals surface area (Å²) in [5.74, 6) is -0.272. The minimum atomic E-state index is -1.11. The number of anilines is 1. The zero-order valence-corrected chi connectivity index (χ0v) is 16.7. The summed E-state index contributed by atoms with van der Waals surface area (Å²) >= 11 is 7.70. The van der Waals surface area contributed by atoms with Gasteiger partial charge in [-0.25, -0.2) is 0 Å². The van der Waals surface area contributed by atoms with Crippen LogP contribution in [0.3, 0.4) is 0 Å². The van der Waals surface area contributed by atoms with E-state index in [4.69, 9.17) is 11.6 Å². The summed E-state index contributed by atoms with van der Waals surface area (Å²) in [7, 11) is 3.93. The smallest absolute Gasteiger partial charge is 0.257 e. The first-order chi connectivity index (χ1) is 12.4. The summed E-state index contributed by atoms with van der Waals surface area (Å²) in [6, 6.07) is 13.5. The van der Waals surface area contributed by atoms with Crippen molar-refractivity contribution >= 4 is 35.0 Å². The molecule has 0 fully saturated rings. The molecule has 4 nitrogen and oxygen atoms in total. The van der Waals surface area contributed by atoms with Crippen molar-refractivity contribution in [3.05, 3.63) is 58.6 Å². The van der Waals surface area contributed by atoms with Crippen LogP contribution < -0.4 is 4.90 Å². The predicted molar refractivity (Wildman–Crippen MR) is 108 cm³/mol. The molecule has 0 aromatic heterocycles. The number of thioether (sulfide) groups is 1. The molecular weight excluding hydrogens is 368 g/mol. The standard InChI is InChI=1S/C20H23ClN2O2S/c1-13-4-6-14(7-5-13)19-18(24)20(25)23(11-10-22(2)3)16-9-8-15(21)12-17(16)26-19/h4-9,12,18-19,24H,10-11H2,1-3H3. The van der Waals surface area contributed by atoms with Gasteiger partial charge in [-0.1, -0.05) is 41.4 Å². The van der Waals surface area contributed by atoms with E-state index in [-0.39, 0.29) is 11.2 Å². The number of aliphatic hydroxyl groups excluding tert-OH is 1. The Bertz CT molecular complexity index is 795. The molecule has 1 N–H and O–H groups in total. The van der Waals surface area contributed by atoms with Crippen molar-refractivity contribution in [2.45, 2.75) is 23.2 Å². The average molecular weight is 391 g/mol. The third-order valence-electron chi connectivity index (χ3n) is 4.45. The maximum Gasteiger partial charge on any atom is 0.257 e. The van der Waals surface area contributed by atoms with Crippen LogP contribution in [0.4, 0.5) is 5.69 Å². The number of aryl methyl sites for hydroxylation is 1. The number of halogens is 1. The molecule has 138 valence electrons. The second-order valence-electron chi connectivity index (χ2n) is 6.80. The predicted octanol–water partition coefficient (Wildman–Crippen LogP) is 3.75. The maximum atomic E-state index is 13.1. The Morgan fingerprint density at radius 3 is 2.54 bits per heavy atom. The zero-order valence-electron chi connectivity index (χ0n) is 15.1. The number of likely N-dealkylation sites (N-methyl/N-ethyl adjacent to an activating group) is 1. The maximum absolute atomic E-state index is 13.1. The highest BCUT2D eigenvalue weighted by Gasteiger charge is 2.37. The van der Waals surface area contributed by atoms with Crippen molar-refractivity contribution in [2.75, 3.05) is 32.1 Å². The lowest BCUT2D eigenvalue weighted by Gasteiger charge is -2.26. The topological polar surface area (TPSA) is 43.8 Å². The number of hydrogen-bond acceptors (Lipinski definition) is 4. The van der Waals surface area contributed by atoms with Crippen LogP contribution >= 0.6 is 23.4 Å². The molecule has 0 radical (unpaired) electrons. The average Bonchev–Trinajstić information content (AvgIpc) is 2.70. The third-order valence-corrected chi connectivity index (χ3v) is 6.05. The van der Waals surface area contributed by atoms with Crippen LogP contribution in [0.5, 0.6) is 0 Å². The van der Waals surface area contributed by atoms with Crippen LogP contribution in [0.25, 0.3) is 0 Å². The molecule has 0 saturated carbocycles. The Kier molecular flexibility index (Phi) is 5.92. The number of amides is 1. The number of benzene rings is 2. The van der Waals surface area contributed by atoms with E-state index in [9.17, 15) is 9.90 Å². The SMILES string of the molecule is Cc1ccc(C2Sc3cc(Cl)ccc3N(CCN(C)C)C(=O)C2O)cc1. The Labute approximate surface area is 163 Å². The quantitative estimate of drug-likeness (QED) is 0.863. The molecule has 2 aromatic rings. The summed E-state index contributed by atoms with van der Waals surface area (Å²) in [6.07, 6.45) is -1.11. The Morgan fingerprint density at radius 2 is 1.88 bits per heavy atom. The van der Waals surface area contributed by atoms with E-state index >= 15 is 0 Å². The van der Waals surface area contributed by atoms with Gasteiger partial charge in [0.25, 0.3) is 5.91 Å². The molecule has 2 atom stereocenters. The molecular formula is C20H23ClN2O2S. The first kappa shape index (κ1) is 19.2. The van der Waals surface area contributed by atoms with Gasteiger partial charge in [-0.05, 0) is 44.8 Å². The molecule has 0 aliphatic carbocycles. The van der Waals surface area contributed by atoms with Crippen molar-refractivity contribution in [2.24, 2.45) is 0 Å². The number of hydrogen-bond donors (Lipinski definition) is 1. The Balaban J connectivity index is 2.03. The van der Waals surface area contributed by atoms with Gasteiger partial charge in [-0.2, -0.15) is 0 Å². The minimum Gasteiger partial charge on any atom is -0.382 e. The van der Waals surface area contributed by atoms with Crippen molar-refractivity contribution in [3.63, 3.8) is 0 Å². The molecule has 6 heteroatoms. The second-order valence-corrected chi connectivity index (χ2v) is 8.42. The van der Waals surface area contributed by atoms with Gasteiger partial charge >= 0.3 is 0 Å². The van der Waals surface area contributed by atoms with Gasteiger partial charge < -0.3 is 14.9 Å². The first-order valence-electron chi connectivity index (χ1n) is 8.54. The molecule has 0 saturated heterocycles. The summed E-state index contributed by atoms with van der Waals surface area (Å²) in [4.78, 5) is 17.7. The fourth-order valence-corrected chi connectivity index (χ4v) is 4.49. The second kappa shape index (κ2) is 8.01. The molecule has 2 unspecified atom stereocenters. The zero-order chi connectivity index (χ0) is 18.8. The van der Waals surface area contributed by atoms with E-state index in [1.54, 1.807) is 11.0 Å². The number of carbonyl (C=O) groups is 1. The Hall–Kier alpha value is -1.53. The van der Waals surface area contributed by atoms with Gasteiger partial charge in [0, 0.05) is 23.0 Å². The Morgan fingerprint density at radius 1 is 1.19 bits per heavy atom. The largest absolute Gasteiger partial charge is 0.382 e. The van der Waals surface area contributed by atoms with E-state index in [1.807, 2.05) is 62.3 Å². The van der Waals surface area contributed by atoms with Crippen molar-refractivity contribution < 1.29 is 9.90 Å². The van der Waals surface area contributed by atoms with Crippen molar-refractivity contribution in [3.8, 4) is 0 Å². The summed E-state index contributed by atoms with van der Waals surface area (Å²) in [6.45, 7) is 3.24. The van der Waals surface area contributed by atoms with E-state index in [1.165, 1.54) is 11.8 Å². The number of rotatable bonds is 4. The van der Waals surface area contributed by atoms with Gasteiger partial charge in [-0.15, -0.1) is 11.8 Å². The van der Waals surface area contributed by atoms with E-state index in [2.05, 4.69) is 0 Å². The lowest BCUT2D eigenvalue weighted by atomic mass is 10.0. The van der Waals surface area contributed by atoms with E-state index in [0.717, 1.165) is 21.7 Å². The summed E-state index contributed by atoms with van der Waals surface area (Å²) in [5, 5.41) is 11.1. The summed E-state index contributed by atoms with van der Waals surface area (Å²) in [5.41, 5.74) is 2.88.